The van der Waals surface area contributed by atoms with Crippen molar-refractivity contribution in [3.05, 3.63) is 33.8 Å². The van der Waals surface area contributed by atoms with Gasteiger partial charge in [0.05, 0.1) is 26.1 Å². The van der Waals surface area contributed by atoms with Crippen molar-refractivity contribution in [3.63, 3.8) is 0 Å². The number of halogens is 1. The van der Waals surface area contributed by atoms with Crippen molar-refractivity contribution in [2.45, 2.75) is 19.4 Å². The van der Waals surface area contributed by atoms with Gasteiger partial charge < -0.3 is 15.8 Å². The number of hydrogen-bond acceptors (Lipinski definition) is 4. The molecule has 0 fully saturated rings. The lowest BCUT2D eigenvalue weighted by Crippen LogP contribution is -2.35. The maximum Gasteiger partial charge on any atom is 0.307 e. The number of rotatable bonds is 5. The zero-order valence-corrected chi connectivity index (χ0v) is 12.5. The van der Waals surface area contributed by atoms with Crippen LogP contribution >= 0.6 is 15.9 Å². The molecule has 5 nitrogen and oxygen atoms in total. The highest BCUT2D eigenvalue weighted by Crippen LogP contribution is 2.23. The molecule has 0 bridgehead atoms. The second kappa shape index (κ2) is 7.25. The Labute approximate surface area is 120 Å². The fourth-order valence-electron chi connectivity index (χ4n) is 1.72. The van der Waals surface area contributed by atoms with Crippen molar-refractivity contribution in [1.82, 2.24) is 5.32 Å². The van der Waals surface area contributed by atoms with Gasteiger partial charge in [0.25, 0.3) is 0 Å². The molecule has 1 atom stereocenters. The SMILES string of the molecule is COC(=O)C[C@H](NC(=O)CN)c1cc(C)cc(Br)c1. The Hall–Kier alpha value is -1.40. The molecule has 3 N–H and O–H groups in total. The normalized spacial score (nSPS) is 11.8. The van der Waals surface area contributed by atoms with E-state index in [2.05, 4.69) is 26.0 Å². The van der Waals surface area contributed by atoms with Gasteiger partial charge in [-0.1, -0.05) is 22.0 Å². The number of methoxy groups -OCH3 is 1. The number of nitrogens with one attached hydrogen (secondary N) is 1. The molecular formula is C13H17BrN2O3. The molecule has 6 heteroatoms. The van der Waals surface area contributed by atoms with Crippen molar-refractivity contribution in [1.29, 1.82) is 0 Å². The number of benzene rings is 1. The minimum absolute atomic E-state index is 0.0676. The van der Waals surface area contributed by atoms with Gasteiger partial charge in [0.2, 0.25) is 5.91 Å². The lowest BCUT2D eigenvalue weighted by molar-refractivity contribution is -0.141. The van der Waals surface area contributed by atoms with Crippen LogP contribution < -0.4 is 11.1 Å². The average molecular weight is 329 g/mol. The first-order chi connectivity index (χ1) is 8.96. The van der Waals surface area contributed by atoms with Crippen molar-refractivity contribution in [2.75, 3.05) is 13.7 Å². The summed E-state index contributed by atoms with van der Waals surface area (Å²) < 4.78 is 5.53. The van der Waals surface area contributed by atoms with Gasteiger partial charge in [-0.25, -0.2) is 0 Å². The van der Waals surface area contributed by atoms with E-state index in [0.717, 1.165) is 15.6 Å². The Morgan fingerprint density at radius 1 is 1.42 bits per heavy atom. The first kappa shape index (κ1) is 15.7. The molecule has 0 saturated heterocycles. The summed E-state index contributed by atoms with van der Waals surface area (Å²) in [6.07, 6.45) is 0.0676. The van der Waals surface area contributed by atoms with E-state index >= 15 is 0 Å². The molecule has 0 saturated carbocycles. The minimum atomic E-state index is -0.445. The number of carbonyl (C=O) groups excluding carboxylic acids is 2. The van der Waals surface area contributed by atoms with Gasteiger partial charge >= 0.3 is 5.97 Å². The van der Waals surface area contributed by atoms with Gasteiger partial charge in [0.1, 0.15) is 0 Å². The number of aryl methyl sites for hydroxylation is 1. The van der Waals surface area contributed by atoms with Gasteiger partial charge in [-0.15, -0.1) is 0 Å². The molecule has 0 aliphatic heterocycles. The van der Waals surface area contributed by atoms with Crippen LogP contribution in [0.3, 0.4) is 0 Å². The summed E-state index contributed by atoms with van der Waals surface area (Å²) in [5.74, 6) is -0.702. The average Bonchev–Trinajstić information content (AvgIpc) is 2.36. The van der Waals surface area contributed by atoms with Crippen LogP contribution in [-0.4, -0.2) is 25.5 Å². The van der Waals surface area contributed by atoms with E-state index in [4.69, 9.17) is 5.73 Å². The number of carbonyl (C=O) groups is 2. The number of nitrogens with two attached hydrogens (primary N) is 1. The molecule has 1 rings (SSSR count). The van der Waals surface area contributed by atoms with E-state index < -0.39 is 6.04 Å². The molecule has 0 aromatic heterocycles. The molecule has 1 amide bonds. The maximum atomic E-state index is 11.4. The second-order valence-corrected chi connectivity index (χ2v) is 5.08. The third kappa shape index (κ3) is 5.00. The molecule has 0 radical (unpaired) electrons. The Kier molecular flexibility index (Phi) is 5.98. The number of esters is 1. The number of hydrogen-bond donors (Lipinski definition) is 2. The summed E-state index contributed by atoms with van der Waals surface area (Å²) in [6, 6.07) is 5.27. The number of amides is 1. The molecule has 19 heavy (non-hydrogen) atoms. The molecule has 0 aliphatic carbocycles. The summed E-state index contributed by atoms with van der Waals surface area (Å²) in [6.45, 7) is 1.82. The van der Waals surface area contributed by atoms with E-state index in [1.54, 1.807) is 0 Å². The van der Waals surface area contributed by atoms with Gasteiger partial charge in [-0.3, -0.25) is 9.59 Å². The predicted molar refractivity (Wildman–Crippen MR) is 75.5 cm³/mol. The van der Waals surface area contributed by atoms with Gasteiger partial charge in [0, 0.05) is 4.47 Å². The maximum absolute atomic E-state index is 11.4. The molecule has 1 aromatic rings. The highest BCUT2D eigenvalue weighted by atomic mass is 79.9. The van der Waals surface area contributed by atoms with Crippen LogP contribution in [0.15, 0.2) is 22.7 Å². The summed E-state index contributed by atoms with van der Waals surface area (Å²) in [7, 11) is 1.32. The summed E-state index contributed by atoms with van der Waals surface area (Å²) in [4.78, 5) is 22.9. The van der Waals surface area contributed by atoms with Crippen LogP contribution in [0, 0.1) is 6.92 Å². The van der Waals surface area contributed by atoms with Crippen LogP contribution in [0.2, 0.25) is 0 Å². The van der Waals surface area contributed by atoms with Crippen LogP contribution in [0.1, 0.15) is 23.6 Å². The van der Waals surface area contributed by atoms with Crippen molar-refractivity contribution >= 4 is 27.8 Å². The largest absolute Gasteiger partial charge is 0.469 e. The van der Waals surface area contributed by atoms with Gasteiger partial charge in [0.15, 0.2) is 0 Å². The standard InChI is InChI=1S/C13H17BrN2O3/c1-8-3-9(5-10(14)4-8)11(6-13(18)19-2)16-12(17)7-15/h3-5,11H,6-7,15H2,1-2H3,(H,16,17)/t11-/m0/s1. The Bertz CT molecular complexity index is 439. The number of ether oxygens (including phenoxy) is 1. The molecule has 104 valence electrons. The predicted octanol–water partition coefficient (Wildman–Crippen LogP) is 1.44. The van der Waals surface area contributed by atoms with E-state index in [0.29, 0.717) is 0 Å². The summed E-state index contributed by atoms with van der Waals surface area (Å²) in [5.41, 5.74) is 7.15. The Balaban J connectivity index is 2.99. The van der Waals surface area contributed by atoms with Crippen LogP contribution in [0.4, 0.5) is 0 Å². The van der Waals surface area contributed by atoms with Crippen LogP contribution in [-0.2, 0) is 14.3 Å². The smallest absolute Gasteiger partial charge is 0.307 e. The zero-order valence-electron chi connectivity index (χ0n) is 10.9. The monoisotopic (exact) mass is 328 g/mol. The van der Waals surface area contributed by atoms with E-state index in [-0.39, 0.29) is 24.8 Å². The Morgan fingerprint density at radius 3 is 2.63 bits per heavy atom. The van der Waals surface area contributed by atoms with Crippen molar-refractivity contribution < 1.29 is 14.3 Å². The summed E-state index contributed by atoms with van der Waals surface area (Å²) in [5, 5.41) is 2.72. The summed E-state index contributed by atoms with van der Waals surface area (Å²) >= 11 is 3.39. The molecule has 1 aromatic carbocycles. The van der Waals surface area contributed by atoms with Crippen molar-refractivity contribution in [3.8, 4) is 0 Å². The van der Waals surface area contributed by atoms with Gasteiger partial charge in [-0.05, 0) is 30.2 Å². The molecular weight excluding hydrogens is 312 g/mol. The highest BCUT2D eigenvalue weighted by Gasteiger charge is 2.19. The quantitative estimate of drug-likeness (QED) is 0.801. The zero-order chi connectivity index (χ0) is 14.4. The lowest BCUT2D eigenvalue weighted by atomic mass is 10.0. The first-order valence-corrected chi connectivity index (χ1v) is 6.59. The van der Waals surface area contributed by atoms with E-state index in [1.165, 1.54) is 7.11 Å². The lowest BCUT2D eigenvalue weighted by Gasteiger charge is -2.18. The minimum Gasteiger partial charge on any atom is -0.469 e. The Morgan fingerprint density at radius 2 is 2.11 bits per heavy atom. The first-order valence-electron chi connectivity index (χ1n) is 5.79. The topological polar surface area (TPSA) is 81.4 Å². The molecule has 0 spiro atoms. The third-order valence-electron chi connectivity index (χ3n) is 2.59. The van der Waals surface area contributed by atoms with E-state index in [1.807, 2.05) is 25.1 Å². The molecule has 0 aliphatic rings. The highest BCUT2D eigenvalue weighted by molar-refractivity contribution is 9.10. The third-order valence-corrected chi connectivity index (χ3v) is 3.04. The fourth-order valence-corrected chi connectivity index (χ4v) is 2.35. The van der Waals surface area contributed by atoms with Gasteiger partial charge in [-0.2, -0.15) is 0 Å². The van der Waals surface area contributed by atoms with Crippen LogP contribution in [0.5, 0.6) is 0 Å². The molecule has 0 heterocycles. The molecule has 0 unspecified atom stereocenters. The second-order valence-electron chi connectivity index (χ2n) is 4.17. The fraction of sp³-hybridized carbons (Fsp3) is 0.385. The van der Waals surface area contributed by atoms with Crippen LogP contribution in [0.25, 0.3) is 0 Å². The van der Waals surface area contributed by atoms with Crippen molar-refractivity contribution in [2.24, 2.45) is 5.73 Å². The van der Waals surface area contributed by atoms with E-state index in [9.17, 15) is 9.59 Å².